The van der Waals surface area contributed by atoms with E-state index in [2.05, 4.69) is 51.4 Å². The molecule has 36 heavy (non-hydrogen) atoms. The number of aliphatic hydroxyl groups is 1. The van der Waals surface area contributed by atoms with Crippen LogP contribution in [0, 0.1) is 17.2 Å². The lowest BCUT2D eigenvalue weighted by Gasteiger charge is -2.43. The number of H-pyrrole nitrogens is 1. The first kappa shape index (κ1) is 28.1. The molecule has 0 radical (unpaired) electrons. The number of nitrogens with one attached hydrogen (secondary N) is 1. The topological polar surface area (TPSA) is 204 Å². The van der Waals surface area contributed by atoms with Gasteiger partial charge in [-0.15, -0.1) is 0 Å². The summed E-state index contributed by atoms with van der Waals surface area (Å²) in [5.74, 6) is -3.52. The molecule has 2 atom stereocenters. The number of anilines is 1. The van der Waals surface area contributed by atoms with Gasteiger partial charge in [0.25, 0.3) is 0 Å². The lowest BCUT2D eigenvalue weighted by atomic mass is 9.91. The predicted molar refractivity (Wildman–Crippen MR) is 128 cm³/mol. The number of hydrogen-bond donors (Lipinski definition) is 5. The number of nitrogens with zero attached hydrogens (tertiary/aromatic N) is 5. The van der Waals surface area contributed by atoms with E-state index in [-0.39, 0.29) is 0 Å². The fourth-order valence-corrected chi connectivity index (χ4v) is 4.05. The number of fused-ring (bicyclic) bond motifs is 1. The lowest BCUT2D eigenvalue weighted by molar-refractivity contribution is -0.170. The molecular formula is C23H30N6O7. The average molecular weight is 503 g/mol. The number of aliphatic carboxylic acids is 3. The third kappa shape index (κ3) is 6.92. The normalized spacial score (nSPS) is 17.4. The quantitative estimate of drug-likeness (QED) is 0.329. The van der Waals surface area contributed by atoms with Crippen LogP contribution in [-0.2, 0) is 14.4 Å². The molecule has 0 unspecified atom stereocenters. The van der Waals surface area contributed by atoms with Gasteiger partial charge in [-0.25, -0.2) is 14.8 Å². The van der Waals surface area contributed by atoms with E-state index >= 15 is 0 Å². The van der Waals surface area contributed by atoms with E-state index in [1.807, 2.05) is 12.3 Å². The highest BCUT2D eigenvalue weighted by Crippen LogP contribution is 2.29. The van der Waals surface area contributed by atoms with Crippen LogP contribution in [0.4, 0.5) is 5.82 Å². The minimum Gasteiger partial charge on any atom is -0.481 e. The number of piperidine rings is 1. The second-order valence-electron chi connectivity index (χ2n) is 8.71. The van der Waals surface area contributed by atoms with Crippen molar-refractivity contribution in [2.24, 2.45) is 5.92 Å². The summed E-state index contributed by atoms with van der Waals surface area (Å²) in [6.07, 6.45) is 2.68. The number of aromatic nitrogens is 3. The Labute approximate surface area is 207 Å². The minimum absolute atomic E-state index is 0.326. The number of carboxylic acid groups (broad SMARTS) is 3. The molecule has 13 nitrogen and oxygen atoms in total. The molecule has 1 saturated heterocycles. The number of likely N-dealkylation sites (tertiary alicyclic amines) is 1. The standard InChI is InChI=1S/C17H22N6.C6H8O7/c1-12-6-9-23(13(2)4-7-18)10-15(12)22(3)17-14-5-8-19-16(14)20-11-21-17;7-3(8)1-6(13,5(11)12)2-4(9)10/h5,8,11-12,15H,2,4,6,9-10H2,1,3H3,(H,19,20,21);13H,1-2H2,(H,7,8)(H,9,10)(H,11,12)/t12-,15+;/m1./s1. The zero-order valence-corrected chi connectivity index (χ0v) is 20.1. The number of allylic oxidation sites excluding steroid dienone is 1. The number of carbonyl (C=O) groups is 3. The third-order valence-electron chi connectivity index (χ3n) is 6.10. The van der Waals surface area contributed by atoms with Crippen LogP contribution in [0.15, 0.2) is 30.9 Å². The number of carboxylic acids is 3. The van der Waals surface area contributed by atoms with Crippen molar-refractivity contribution in [2.75, 3.05) is 25.0 Å². The van der Waals surface area contributed by atoms with Gasteiger partial charge in [-0.1, -0.05) is 13.5 Å². The molecule has 2 aromatic heterocycles. The van der Waals surface area contributed by atoms with E-state index in [4.69, 9.17) is 25.7 Å². The number of nitriles is 1. The Morgan fingerprint density at radius 2 is 1.92 bits per heavy atom. The van der Waals surface area contributed by atoms with E-state index in [0.717, 1.165) is 42.1 Å². The molecule has 0 aliphatic carbocycles. The summed E-state index contributed by atoms with van der Waals surface area (Å²) in [7, 11) is 2.09. The molecule has 0 saturated carbocycles. The van der Waals surface area contributed by atoms with Crippen molar-refractivity contribution in [2.45, 2.75) is 44.2 Å². The average Bonchev–Trinajstić information content (AvgIpc) is 3.27. The Bertz CT molecular complexity index is 1140. The molecule has 0 aromatic carbocycles. The molecule has 0 spiro atoms. The maximum absolute atomic E-state index is 10.3. The monoisotopic (exact) mass is 502 g/mol. The van der Waals surface area contributed by atoms with Gasteiger partial charge in [0, 0.05) is 32.0 Å². The molecule has 0 bridgehead atoms. The maximum Gasteiger partial charge on any atom is 0.336 e. The summed E-state index contributed by atoms with van der Waals surface area (Å²) in [6.45, 7) is 8.17. The van der Waals surface area contributed by atoms with E-state index < -0.39 is 36.4 Å². The van der Waals surface area contributed by atoms with Crippen LogP contribution in [0.25, 0.3) is 11.0 Å². The predicted octanol–water partition coefficient (Wildman–Crippen LogP) is 1.28. The Hall–Kier alpha value is -4.18. The first-order valence-corrected chi connectivity index (χ1v) is 11.1. The van der Waals surface area contributed by atoms with Crippen LogP contribution < -0.4 is 4.90 Å². The van der Waals surface area contributed by atoms with Crippen LogP contribution in [0.5, 0.6) is 0 Å². The molecule has 194 valence electrons. The third-order valence-corrected chi connectivity index (χ3v) is 6.10. The Balaban J connectivity index is 0.000000302. The van der Waals surface area contributed by atoms with Gasteiger partial charge in [0.15, 0.2) is 5.60 Å². The van der Waals surface area contributed by atoms with Crippen molar-refractivity contribution >= 4 is 34.8 Å². The Morgan fingerprint density at radius 3 is 2.47 bits per heavy atom. The lowest BCUT2D eigenvalue weighted by Crippen LogP contribution is -2.50. The van der Waals surface area contributed by atoms with Crippen molar-refractivity contribution in [3.8, 4) is 6.07 Å². The van der Waals surface area contributed by atoms with Gasteiger partial charge in [-0.2, -0.15) is 5.26 Å². The van der Waals surface area contributed by atoms with Crippen LogP contribution >= 0.6 is 0 Å². The summed E-state index contributed by atoms with van der Waals surface area (Å²) in [5.41, 5.74) is -0.971. The highest BCUT2D eigenvalue weighted by molar-refractivity contribution is 5.88. The van der Waals surface area contributed by atoms with Gasteiger partial charge >= 0.3 is 17.9 Å². The van der Waals surface area contributed by atoms with Crippen LogP contribution in [-0.4, -0.2) is 90.0 Å². The second-order valence-corrected chi connectivity index (χ2v) is 8.71. The zero-order chi connectivity index (χ0) is 27.0. The number of aromatic amines is 1. The largest absolute Gasteiger partial charge is 0.481 e. The van der Waals surface area contributed by atoms with Gasteiger partial charge in [0.2, 0.25) is 0 Å². The first-order valence-electron chi connectivity index (χ1n) is 11.1. The smallest absolute Gasteiger partial charge is 0.336 e. The molecule has 1 aliphatic heterocycles. The van der Waals surface area contributed by atoms with E-state index in [1.54, 1.807) is 6.33 Å². The van der Waals surface area contributed by atoms with Crippen molar-refractivity contribution in [3.63, 3.8) is 0 Å². The molecule has 1 fully saturated rings. The Morgan fingerprint density at radius 1 is 1.28 bits per heavy atom. The number of hydrogen-bond acceptors (Lipinski definition) is 9. The van der Waals surface area contributed by atoms with Gasteiger partial charge in [0.1, 0.15) is 17.8 Å². The minimum atomic E-state index is -2.74. The molecule has 3 heterocycles. The van der Waals surface area contributed by atoms with E-state index in [0.29, 0.717) is 18.4 Å². The van der Waals surface area contributed by atoms with Crippen molar-refractivity contribution < 1.29 is 34.8 Å². The van der Waals surface area contributed by atoms with Crippen molar-refractivity contribution in [1.29, 1.82) is 5.26 Å². The first-order chi connectivity index (χ1) is 16.9. The van der Waals surface area contributed by atoms with Gasteiger partial charge in [0.05, 0.1) is 36.8 Å². The van der Waals surface area contributed by atoms with Crippen LogP contribution in [0.1, 0.15) is 32.6 Å². The molecule has 1 aliphatic rings. The van der Waals surface area contributed by atoms with E-state index in [1.165, 1.54) is 0 Å². The van der Waals surface area contributed by atoms with Crippen LogP contribution in [0.2, 0.25) is 0 Å². The zero-order valence-electron chi connectivity index (χ0n) is 20.1. The van der Waals surface area contributed by atoms with Crippen LogP contribution in [0.3, 0.4) is 0 Å². The highest BCUT2D eigenvalue weighted by Gasteiger charge is 2.40. The summed E-state index contributed by atoms with van der Waals surface area (Å²) >= 11 is 0. The summed E-state index contributed by atoms with van der Waals surface area (Å²) < 4.78 is 0. The molecule has 0 amide bonds. The maximum atomic E-state index is 10.3. The summed E-state index contributed by atoms with van der Waals surface area (Å²) in [5, 5.41) is 43.7. The number of rotatable bonds is 9. The number of likely N-dealkylation sites (N-methyl/N-ethyl adjacent to an activating group) is 1. The van der Waals surface area contributed by atoms with Gasteiger partial charge in [-0.3, -0.25) is 9.59 Å². The highest BCUT2D eigenvalue weighted by atomic mass is 16.4. The molecular weight excluding hydrogens is 472 g/mol. The van der Waals surface area contributed by atoms with E-state index in [9.17, 15) is 14.4 Å². The fraction of sp³-hybridized carbons (Fsp3) is 0.478. The molecule has 3 rings (SSSR count). The van der Waals surface area contributed by atoms with Crippen molar-refractivity contribution in [1.82, 2.24) is 19.9 Å². The summed E-state index contributed by atoms with van der Waals surface area (Å²) in [4.78, 5) is 46.9. The van der Waals surface area contributed by atoms with Gasteiger partial charge < -0.3 is 35.2 Å². The molecule has 5 N–H and O–H groups in total. The summed E-state index contributed by atoms with van der Waals surface area (Å²) in [6, 6.07) is 4.53. The van der Waals surface area contributed by atoms with Crippen molar-refractivity contribution in [3.05, 3.63) is 30.9 Å². The van der Waals surface area contributed by atoms with Gasteiger partial charge in [-0.05, 0) is 18.4 Å². The second kappa shape index (κ2) is 12.0. The fourth-order valence-electron chi connectivity index (χ4n) is 4.05. The SMILES string of the molecule is C=C(CC#N)N1CC[C@@H](C)[C@@H](N(C)c2ncnc3[nH]ccc23)C1.O=C(O)CC(O)(CC(=O)O)C(=O)O. The molecule has 2 aromatic rings. The molecule has 13 heteroatoms. The Kier molecular flexibility index (Phi) is 9.34.